The van der Waals surface area contributed by atoms with Gasteiger partial charge in [-0.1, -0.05) is 48.5 Å². The minimum absolute atomic E-state index is 0.0107. The number of rotatable bonds is 6. The van der Waals surface area contributed by atoms with Crippen molar-refractivity contribution in [2.24, 2.45) is 0 Å². The SMILES string of the molecule is Cc1ccc2c(=O)c(S(=O)(=O)c3ccccc3)cn(CC(=O)NCc3ccccc3)c2n1. The Kier molecular flexibility index (Phi) is 5.87. The van der Waals surface area contributed by atoms with E-state index in [4.69, 9.17) is 0 Å². The molecule has 0 aliphatic carbocycles. The van der Waals surface area contributed by atoms with Crippen LogP contribution < -0.4 is 10.7 Å². The molecule has 0 aliphatic rings. The molecule has 0 aliphatic heterocycles. The third-order valence-corrected chi connectivity index (χ3v) is 6.78. The zero-order chi connectivity index (χ0) is 22.7. The number of hydrogen-bond acceptors (Lipinski definition) is 5. The molecule has 0 radical (unpaired) electrons. The summed E-state index contributed by atoms with van der Waals surface area (Å²) in [5.41, 5.74) is 1.20. The maximum atomic E-state index is 13.2. The lowest BCUT2D eigenvalue weighted by atomic mass is 10.2. The largest absolute Gasteiger partial charge is 0.350 e. The second-order valence-corrected chi connectivity index (χ2v) is 9.27. The highest BCUT2D eigenvalue weighted by molar-refractivity contribution is 7.91. The van der Waals surface area contributed by atoms with Gasteiger partial charge in [-0.15, -0.1) is 0 Å². The van der Waals surface area contributed by atoms with Crippen LogP contribution in [0, 0.1) is 6.92 Å². The summed E-state index contributed by atoms with van der Waals surface area (Å²) in [5.74, 6) is -0.329. The van der Waals surface area contributed by atoms with Crippen molar-refractivity contribution < 1.29 is 13.2 Å². The summed E-state index contributed by atoms with van der Waals surface area (Å²) >= 11 is 0. The van der Waals surface area contributed by atoms with Crippen molar-refractivity contribution in [2.45, 2.75) is 29.8 Å². The normalized spacial score (nSPS) is 11.4. The van der Waals surface area contributed by atoms with Gasteiger partial charge >= 0.3 is 0 Å². The average Bonchev–Trinajstić information content (AvgIpc) is 2.80. The van der Waals surface area contributed by atoms with Crippen LogP contribution in [0.15, 0.2) is 93.6 Å². The highest BCUT2D eigenvalue weighted by Gasteiger charge is 2.24. The van der Waals surface area contributed by atoms with Gasteiger partial charge in [-0.05, 0) is 36.8 Å². The second kappa shape index (κ2) is 8.76. The number of benzene rings is 2. The van der Waals surface area contributed by atoms with Crippen molar-refractivity contribution in [1.82, 2.24) is 14.9 Å². The van der Waals surface area contributed by atoms with Crippen LogP contribution in [0.5, 0.6) is 0 Å². The van der Waals surface area contributed by atoms with Gasteiger partial charge in [0.1, 0.15) is 17.1 Å². The number of pyridine rings is 2. The first-order chi connectivity index (χ1) is 15.4. The summed E-state index contributed by atoms with van der Waals surface area (Å²) in [4.78, 5) is 29.7. The molecular weight excluding hydrogens is 426 g/mol. The Morgan fingerprint density at radius 3 is 2.31 bits per heavy atom. The Morgan fingerprint density at radius 1 is 0.969 bits per heavy atom. The van der Waals surface area contributed by atoms with Gasteiger partial charge in [-0.25, -0.2) is 13.4 Å². The number of nitrogens with one attached hydrogen (secondary N) is 1. The quantitative estimate of drug-likeness (QED) is 0.490. The van der Waals surface area contributed by atoms with Gasteiger partial charge in [-0.3, -0.25) is 9.59 Å². The molecule has 0 fully saturated rings. The third kappa shape index (κ3) is 4.31. The minimum atomic E-state index is -4.08. The molecule has 0 saturated heterocycles. The van der Waals surface area contributed by atoms with Gasteiger partial charge in [0.15, 0.2) is 0 Å². The second-order valence-electron chi connectivity index (χ2n) is 7.35. The zero-order valence-electron chi connectivity index (χ0n) is 17.4. The number of hydrogen-bond donors (Lipinski definition) is 1. The molecule has 162 valence electrons. The number of aromatic nitrogens is 2. The number of carbonyl (C=O) groups excluding carboxylic acids is 1. The lowest BCUT2D eigenvalue weighted by molar-refractivity contribution is -0.121. The number of aryl methyl sites for hydroxylation is 1. The van der Waals surface area contributed by atoms with Crippen LogP contribution in [-0.4, -0.2) is 23.9 Å². The lowest BCUT2D eigenvalue weighted by Crippen LogP contribution is -2.29. The van der Waals surface area contributed by atoms with Crippen LogP contribution in [-0.2, 0) is 27.7 Å². The zero-order valence-corrected chi connectivity index (χ0v) is 18.2. The van der Waals surface area contributed by atoms with Gasteiger partial charge in [-0.2, -0.15) is 0 Å². The summed E-state index contributed by atoms with van der Waals surface area (Å²) < 4.78 is 27.8. The molecule has 0 unspecified atom stereocenters. The van der Waals surface area contributed by atoms with Gasteiger partial charge in [0.25, 0.3) is 0 Å². The van der Waals surface area contributed by atoms with Crippen molar-refractivity contribution >= 4 is 26.8 Å². The van der Waals surface area contributed by atoms with E-state index < -0.39 is 20.2 Å². The van der Waals surface area contributed by atoms with Crippen LogP contribution in [0.1, 0.15) is 11.3 Å². The molecule has 2 heterocycles. The summed E-state index contributed by atoms with van der Waals surface area (Å²) in [5, 5.41) is 2.96. The maximum absolute atomic E-state index is 13.2. The van der Waals surface area contributed by atoms with Gasteiger partial charge < -0.3 is 9.88 Å². The molecule has 2 aromatic carbocycles. The third-order valence-electron chi connectivity index (χ3n) is 5.02. The maximum Gasteiger partial charge on any atom is 0.240 e. The molecular formula is C24H21N3O4S. The fourth-order valence-electron chi connectivity index (χ4n) is 3.38. The van der Waals surface area contributed by atoms with Crippen LogP contribution >= 0.6 is 0 Å². The van der Waals surface area contributed by atoms with Crippen molar-refractivity contribution in [2.75, 3.05) is 0 Å². The number of nitrogens with zero attached hydrogens (tertiary/aromatic N) is 2. The van der Waals surface area contributed by atoms with E-state index in [1.54, 1.807) is 37.3 Å². The van der Waals surface area contributed by atoms with Gasteiger partial charge in [0.05, 0.1) is 10.3 Å². The Hall–Kier alpha value is -3.78. The molecule has 0 saturated carbocycles. The predicted octanol–water partition coefficient (Wildman–Crippen LogP) is 2.85. The van der Waals surface area contributed by atoms with E-state index in [1.807, 2.05) is 30.3 Å². The fraction of sp³-hybridized carbons (Fsp3) is 0.125. The van der Waals surface area contributed by atoms with Crippen LogP contribution in [0.4, 0.5) is 0 Å². The monoisotopic (exact) mass is 447 g/mol. The van der Waals surface area contributed by atoms with E-state index in [-0.39, 0.29) is 28.4 Å². The van der Waals surface area contributed by atoms with E-state index in [9.17, 15) is 18.0 Å². The highest BCUT2D eigenvalue weighted by Crippen LogP contribution is 2.20. The number of fused-ring (bicyclic) bond motifs is 1. The van der Waals surface area contributed by atoms with Crippen LogP contribution in [0.25, 0.3) is 11.0 Å². The Bertz CT molecular complexity index is 1450. The molecule has 7 nitrogen and oxygen atoms in total. The van der Waals surface area contributed by atoms with Gasteiger partial charge in [0.2, 0.25) is 21.2 Å². The summed E-state index contributed by atoms with van der Waals surface area (Å²) in [7, 11) is -4.08. The Morgan fingerprint density at radius 2 is 1.62 bits per heavy atom. The molecule has 32 heavy (non-hydrogen) atoms. The van der Waals surface area contributed by atoms with Crippen molar-refractivity contribution in [3.05, 3.63) is 100 Å². The number of carbonyl (C=O) groups is 1. The molecule has 4 aromatic rings. The van der Waals surface area contributed by atoms with E-state index in [2.05, 4.69) is 10.3 Å². The summed E-state index contributed by atoms with van der Waals surface area (Å²) in [6.45, 7) is 1.91. The topological polar surface area (TPSA) is 98.1 Å². The first-order valence-electron chi connectivity index (χ1n) is 9.98. The van der Waals surface area contributed by atoms with Crippen molar-refractivity contribution in [1.29, 1.82) is 0 Å². The van der Waals surface area contributed by atoms with Crippen molar-refractivity contribution in [3.8, 4) is 0 Å². The Balaban J connectivity index is 1.76. The van der Waals surface area contributed by atoms with E-state index in [0.717, 1.165) is 5.56 Å². The average molecular weight is 448 g/mol. The molecule has 0 atom stereocenters. The fourth-order valence-corrected chi connectivity index (χ4v) is 4.77. The first kappa shape index (κ1) is 21.5. The molecule has 8 heteroatoms. The minimum Gasteiger partial charge on any atom is -0.350 e. The first-order valence-corrected chi connectivity index (χ1v) is 11.5. The number of amides is 1. The molecule has 2 aromatic heterocycles. The predicted molar refractivity (Wildman–Crippen MR) is 121 cm³/mol. The summed E-state index contributed by atoms with van der Waals surface area (Å²) in [6, 6.07) is 20.4. The van der Waals surface area contributed by atoms with E-state index >= 15 is 0 Å². The van der Waals surface area contributed by atoms with Crippen LogP contribution in [0.3, 0.4) is 0 Å². The lowest BCUT2D eigenvalue weighted by Gasteiger charge is -2.14. The standard InChI is InChI=1S/C24H21N3O4S/c1-17-12-13-20-23(29)21(32(30,31)19-10-6-3-7-11-19)15-27(24(20)26-17)16-22(28)25-14-18-8-4-2-5-9-18/h2-13,15H,14,16H2,1H3,(H,25,28). The smallest absolute Gasteiger partial charge is 0.240 e. The van der Waals surface area contributed by atoms with Crippen molar-refractivity contribution in [3.63, 3.8) is 0 Å². The highest BCUT2D eigenvalue weighted by atomic mass is 32.2. The molecule has 4 rings (SSSR count). The molecule has 1 amide bonds. The van der Waals surface area contributed by atoms with E-state index in [0.29, 0.717) is 12.2 Å². The number of sulfone groups is 1. The Labute approximate surface area is 185 Å². The van der Waals surface area contributed by atoms with Gasteiger partial charge in [0, 0.05) is 18.4 Å². The molecule has 1 N–H and O–H groups in total. The van der Waals surface area contributed by atoms with E-state index in [1.165, 1.54) is 22.9 Å². The molecule has 0 bridgehead atoms. The van der Waals surface area contributed by atoms with Crippen LogP contribution in [0.2, 0.25) is 0 Å². The molecule has 0 spiro atoms. The summed E-state index contributed by atoms with van der Waals surface area (Å²) in [6.07, 6.45) is 1.21.